The van der Waals surface area contributed by atoms with Crippen molar-refractivity contribution in [2.75, 3.05) is 6.61 Å². The first-order valence-electron chi connectivity index (χ1n) is 5.20. The molecule has 1 aromatic rings. The van der Waals surface area contributed by atoms with Gasteiger partial charge in [-0.15, -0.1) is 0 Å². The molecule has 0 bridgehead atoms. The zero-order valence-corrected chi connectivity index (χ0v) is 11.3. The van der Waals surface area contributed by atoms with Crippen molar-refractivity contribution in [2.45, 2.75) is 32.3 Å². The summed E-state index contributed by atoms with van der Waals surface area (Å²) in [5, 5.41) is 10.0. The molecule has 0 radical (unpaired) electrons. The van der Waals surface area contributed by atoms with Gasteiger partial charge in [0, 0.05) is 3.57 Å². The number of hydrogen-bond acceptors (Lipinski definition) is 2. The third kappa shape index (κ3) is 3.99. The molecule has 0 saturated heterocycles. The van der Waals surface area contributed by atoms with E-state index in [0.717, 1.165) is 5.75 Å². The van der Waals surface area contributed by atoms with Crippen LogP contribution in [0.3, 0.4) is 0 Å². The highest BCUT2D eigenvalue weighted by Crippen LogP contribution is 2.19. The zero-order chi connectivity index (χ0) is 11.3. The molecule has 2 nitrogen and oxygen atoms in total. The van der Waals surface area contributed by atoms with Crippen molar-refractivity contribution in [1.29, 1.82) is 0 Å². The van der Waals surface area contributed by atoms with Crippen molar-refractivity contribution in [3.8, 4) is 5.75 Å². The summed E-state index contributed by atoms with van der Waals surface area (Å²) in [6, 6.07) is 7.83. The minimum atomic E-state index is -0.691. The minimum absolute atomic E-state index is 0.362. The maximum Gasteiger partial charge on any atom is 0.119 e. The summed E-state index contributed by atoms with van der Waals surface area (Å²) in [5.41, 5.74) is -0.691. The zero-order valence-electron chi connectivity index (χ0n) is 9.16. The number of aliphatic hydroxyl groups is 1. The molecule has 3 heteroatoms. The summed E-state index contributed by atoms with van der Waals surface area (Å²) >= 11 is 2.25. The Labute approximate surface area is 105 Å². The van der Waals surface area contributed by atoms with E-state index in [1.54, 1.807) is 0 Å². The maximum atomic E-state index is 10.0. The maximum absolute atomic E-state index is 10.0. The molecule has 0 fully saturated rings. The van der Waals surface area contributed by atoms with Gasteiger partial charge in [0.25, 0.3) is 0 Å². The Bertz CT molecular complexity index is 291. The van der Waals surface area contributed by atoms with Crippen LogP contribution >= 0.6 is 22.6 Å². The standard InChI is InChI=1S/C12H17IO2/c1-3-12(14,4-2)9-15-11-7-5-10(13)6-8-11/h5-8,14H,3-4,9H2,1-2H3. The van der Waals surface area contributed by atoms with Crippen LogP contribution < -0.4 is 4.74 Å². The molecule has 0 aliphatic carbocycles. The SMILES string of the molecule is CCC(O)(CC)COc1ccc(I)cc1. The van der Waals surface area contributed by atoms with E-state index in [0.29, 0.717) is 19.4 Å². The monoisotopic (exact) mass is 320 g/mol. The van der Waals surface area contributed by atoms with Gasteiger partial charge in [0.2, 0.25) is 0 Å². The van der Waals surface area contributed by atoms with E-state index in [-0.39, 0.29) is 0 Å². The van der Waals surface area contributed by atoms with Gasteiger partial charge >= 0.3 is 0 Å². The molecule has 0 aliphatic rings. The van der Waals surface area contributed by atoms with Crippen LogP contribution in [-0.2, 0) is 0 Å². The smallest absolute Gasteiger partial charge is 0.119 e. The Kier molecular flexibility index (Phi) is 4.86. The lowest BCUT2D eigenvalue weighted by Gasteiger charge is -2.25. The van der Waals surface area contributed by atoms with Gasteiger partial charge in [-0.3, -0.25) is 0 Å². The Balaban J connectivity index is 2.53. The van der Waals surface area contributed by atoms with Gasteiger partial charge in [-0.1, -0.05) is 13.8 Å². The molecular weight excluding hydrogens is 303 g/mol. The normalized spacial score (nSPS) is 11.5. The number of halogens is 1. The fourth-order valence-electron chi connectivity index (χ4n) is 1.20. The van der Waals surface area contributed by atoms with E-state index < -0.39 is 5.60 Å². The highest BCUT2D eigenvalue weighted by Gasteiger charge is 2.22. The van der Waals surface area contributed by atoms with E-state index >= 15 is 0 Å². The largest absolute Gasteiger partial charge is 0.491 e. The molecule has 1 N–H and O–H groups in total. The van der Waals surface area contributed by atoms with Crippen LogP contribution in [0.25, 0.3) is 0 Å². The summed E-state index contributed by atoms with van der Waals surface area (Å²) in [5.74, 6) is 0.816. The number of rotatable bonds is 5. The van der Waals surface area contributed by atoms with Crippen molar-refractivity contribution in [3.05, 3.63) is 27.8 Å². The third-order valence-electron chi connectivity index (χ3n) is 2.64. The molecule has 84 valence electrons. The molecule has 0 saturated carbocycles. The Morgan fingerprint density at radius 2 is 1.73 bits per heavy atom. The van der Waals surface area contributed by atoms with Gasteiger partial charge in [0.05, 0.1) is 5.60 Å². The van der Waals surface area contributed by atoms with Crippen molar-refractivity contribution < 1.29 is 9.84 Å². The van der Waals surface area contributed by atoms with Crippen molar-refractivity contribution in [3.63, 3.8) is 0 Å². The number of hydrogen-bond donors (Lipinski definition) is 1. The van der Waals surface area contributed by atoms with Crippen LogP contribution in [0.1, 0.15) is 26.7 Å². The lowest BCUT2D eigenvalue weighted by Crippen LogP contribution is -2.34. The van der Waals surface area contributed by atoms with E-state index in [1.807, 2.05) is 38.1 Å². The highest BCUT2D eigenvalue weighted by molar-refractivity contribution is 14.1. The van der Waals surface area contributed by atoms with E-state index in [4.69, 9.17) is 4.74 Å². The first-order chi connectivity index (χ1) is 7.09. The van der Waals surface area contributed by atoms with Crippen LogP contribution in [-0.4, -0.2) is 17.3 Å². The molecule has 0 unspecified atom stereocenters. The van der Waals surface area contributed by atoms with Gasteiger partial charge in [0.1, 0.15) is 12.4 Å². The summed E-state index contributed by atoms with van der Waals surface area (Å²) in [7, 11) is 0. The number of benzene rings is 1. The Hall–Kier alpha value is -0.290. The van der Waals surface area contributed by atoms with E-state index in [1.165, 1.54) is 3.57 Å². The first kappa shape index (κ1) is 12.8. The van der Waals surface area contributed by atoms with Gasteiger partial charge in [-0.25, -0.2) is 0 Å². The molecule has 0 aliphatic heterocycles. The van der Waals surface area contributed by atoms with E-state index in [2.05, 4.69) is 22.6 Å². The fourth-order valence-corrected chi connectivity index (χ4v) is 1.56. The lowest BCUT2D eigenvalue weighted by molar-refractivity contribution is -0.0113. The van der Waals surface area contributed by atoms with Crippen LogP contribution in [0.4, 0.5) is 0 Å². The second kappa shape index (κ2) is 5.70. The van der Waals surface area contributed by atoms with E-state index in [9.17, 15) is 5.11 Å². The summed E-state index contributed by atoms with van der Waals surface area (Å²) < 4.78 is 6.74. The predicted molar refractivity (Wildman–Crippen MR) is 70.2 cm³/mol. The van der Waals surface area contributed by atoms with Gasteiger partial charge in [0.15, 0.2) is 0 Å². The quantitative estimate of drug-likeness (QED) is 0.844. The summed E-state index contributed by atoms with van der Waals surface area (Å²) in [4.78, 5) is 0. The predicted octanol–water partition coefficient (Wildman–Crippen LogP) is 3.22. The Morgan fingerprint density at radius 3 is 2.20 bits per heavy atom. The molecule has 1 rings (SSSR count). The second-order valence-corrected chi connectivity index (χ2v) is 4.92. The Morgan fingerprint density at radius 1 is 1.20 bits per heavy atom. The topological polar surface area (TPSA) is 29.5 Å². The summed E-state index contributed by atoms with van der Waals surface area (Å²) in [6.07, 6.45) is 1.43. The van der Waals surface area contributed by atoms with Crippen LogP contribution in [0.5, 0.6) is 5.75 Å². The average molecular weight is 320 g/mol. The number of ether oxygens (including phenoxy) is 1. The van der Waals surface area contributed by atoms with Crippen molar-refractivity contribution >= 4 is 22.6 Å². The second-order valence-electron chi connectivity index (χ2n) is 3.67. The molecule has 0 aromatic heterocycles. The van der Waals surface area contributed by atoms with Crippen LogP contribution in [0, 0.1) is 3.57 Å². The molecule has 0 atom stereocenters. The average Bonchev–Trinajstić information content (AvgIpc) is 2.28. The fraction of sp³-hybridized carbons (Fsp3) is 0.500. The summed E-state index contributed by atoms with van der Waals surface area (Å²) in [6.45, 7) is 4.31. The first-order valence-corrected chi connectivity index (χ1v) is 6.28. The third-order valence-corrected chi connectivity index (χ3v) is 3.36. The lowest BCUT2D eigenvalue weighted by atomic mass is 9.99. The molecule has 1 aromatic carbocycles. The van der Waals surface area contributed by atoms with Gasteiger partial charge in [-0.2, -0.15) is 0 Å². The van der Waals surface area contributed by atoms with Crippen molar-refractivity contribution in [1.82, 2.24) is 0 Å². The van der Waals surface area contributed by atoms with Crippen LogP contribution in [0.2, 0.25) is 0 Å². The van der Waals surface area contributed by atoms with Crippen molar-refractivity contribution in [2.24, 2.45) is 0 Å². The van der Waals surface area contributed by atoms with Crippen LogP contribution in [0.15, 0.2) is 24.3 Å². The molecular formula is C12H17IO2. The van der Waals surface area contributed by atoms with Gasteiger partial charge < -0.3 is 9.84 Å². The molecule has 0 amide bonds. The molecule has 0 heterocycles. The minimum Gasteiger partial charge on any atom is -0.491 e. The molecule has 0 spiro atoms. The van der Waals surface area contributed by atoms with Gasteiger partial charge in [-0.05, 0) is 59.7 Å². The molecule has 15 heavy (non-hydrogen) atoms. The highest BCUT2D eigenvalue weighted by atomic mass is 127.